The number of rotatable bonds is 6. The largest absolute Gasteiger partial charge is 0.469 e. The molecule has 1 aliphatic rings. The number of aromatic amines is 1. The maximum Gasteiger partial charge on any atom is 0.469 e. The van der Waals surface area contributed by atoms with E-state index < -0.39 is 44.1 Å². The maximum atomic E-state index is 11.9. The Kier molecular flexibility index (Phi) is 5.53. The predicted octanol–water partition coefficient (Wildman–Crippen LogP) is -1.56. The van der Waals surface area contributed by atoms with Gasteiger partial charge in [0.25, 0.3) is 5.56 Å². The van der Waals surface area contributed by atoms with E-state index in [1.165, 1.54) is 13.3 Å². The number of H-pyrrole nitrogens is 1. The van der Waals surface area contributed by atoms with Gasteiger partial charge in [0.05, 0.1) is 24.9 Å². The fraction of sp³-hybridized carbons (Fsp3) is 0.636. The van der Waals surface area contributed by atoms with Crippen LogP contribution in [0.4, 0.5) is 0 Å². The van der Waals surface area contributed by atoms with Crippen LogP contribution in [-0.4, -0.2) is 50.4 Å². The summed E-state index contributed by atoms with van der Waals surface area (Å²) < 4.78 is 26.3. The highest BCUT2D eigenvalue weighted by atomic mass is 31.2. The van der Waals surface area contributed by atoms with Gasteiger partial charge in [-0.05, 0) is 0 Å². The molecule has 2 heterocycles. The molecule has 0 radical (unpaired) electrons. The van der Waals surface area contributed by atoms with Gasteiger partial charge in [0, 0.05) is 19.7 Å². The summed E-state index contributed by atoms with van der Waals surface area (Å²) in [4.78, 5) is 42.9. The zero-order valence-corrected chi connectivity index (χ0v) is 13.0. The van der Waals surface area contributed by atoms with Crippen LogP contribution < -0.4 is 11.2 Å². The summed E-state index contributed by atoms with van der Waals surface area (Å²) in [6.07, 6.45) is -1.76. The third-order valence-electron chi connectivity index (χ3n) is 3.26. The van der Waals surface area contributed by atoms with Gasteiger partial charge in [0.1, 0.15) is 12.3 Å². The summed E-state index contributed by atoms with van der Waals surface area (Å²) in [5.41, 5.74) is -1.13. The molecule has 0 unspecified atom stereocenters. The number of methoxy groups -OCH3 is 1. The lowest BCUT2D eigenvalue weighted by atomic mass is 10.2. The molecule has 1 aliphatic heterocycles. The van der Waals surface area contributed by atoms with Crippen LogP contribution in [0.15, 0.2) is 15.8 Å². The lowest BCUT2D eigenvalue weighted by Gasteiger charge is -2.16. The third kappa shape index (κ3) is 4.58. The first-order valence-electron chi connectivity index (χ1n) is 6.58. The lowest BCUT2D eigenvalue weighted by molar-refractivity contribution is -0.0452. The Balaban J connectivity index is 2.17. The van der Waals surface area contributed by atoms with E-state index in [1.807, 2.05) is 0 Å². The molecule has 1 fully saturated rings. The van der Waals surface area contributed by atoms with E-state index in [-0.39, 0.29) is 18.6 Å². The van der Waals surface area contributed by atoms with Crippen LogP contribution >= 0.6 is 7.82 Å². The van der Waals surface area contributed by atoms with Crippen LogP contribution in [0.5, 0.6) is 0 Å². The predicted molar refractivity (Wildman–Crippen MR) is 74.6 cm³/mol. The van der Waals surface area contributed by atoms with E-state index >= 15 is 0 Å². The van der Waals surface area contributed by atoms with E-state index in [1.54, 1.807) is 0 Å². The molecule has 11 nitrogen and oxygen atoms in total. The first-order valence-corrected chi connectivity index (χ1v) is 8.11. The molecule has 1 aromatic heterocycles. The van der Waals surface area contributed by atoms with Crippen molar-refractivity contribution in [2.75, 3.05) is 13.7 Å². The number of phosphoric ester groups is 1. The molecule has 0 amide bonds. The number of hydrogen-bond donors (Lipinski definition) is 4. The second kappa shape index (κ2) is 7.05. The highest BCUT2D eigenvalue weighted by Gasteiger charge is 2.37. The van der Waals surface area contributed by atoms with E-state index in [2.05, 4.69) is 9.51 Å². The van der Waals surface area contributed by atoms with Crippen LogP contribution in [0.1, 0.15) is 18.2 Å². The van der Waals surface area contributed by atoms with Crippen LogP contribution in [-0.2, 0) is 25.2 Å². The van der Waals surface area contributed by atoms with Crippen LogP contribution in [0.25, 0.3) is 0 Å². The number of aromatic nitrogens is 2. The van der Waals surface area contributed by atoms with Crippen molar-refractivity contribution in [2.45, 2.75) is 31.5 Å². The molecule has 0 aromatic carbocycles. The summed E-state index contributed by atoms with van der Waals surface area (Å²) >= 11 is 0. The van der Waals surface area contributed by atoms with Gasteiger partial charge in [-0.3, -0.25) is 18.9 Å². The van der Waals surface area contributed by atoms with Gasteiger partial charge >= 0.3 is 13.5 Å². The fourth-order valence-corrected chi connectivity index (χ4v) is 2.55. The molecule has 0 saturated carbocycles. The van der Waals surface area contributed by atoms with Gasteiger partial charge in [-0.25, -0.2) is 9.36 Å². The summed E-state index contributed by atoms with van der Waals surface area (Å²) in [7, 11) is -3.30. The topological polar surface area (TPSA) is 160 Å². The van der Waals surface area contributed by atoms with Crippen LogP contribution in [0.3, 0.4) is 0 Å². The molecule has 0 spiro atoms. The fourth-order valence-electron chi connectivity index (χ4n) is 2.21. The zero-order valence-electron chi connectivity index (χ0n) is 12.1. The normalized spacial score (nSPS) is 25.0. The average Bonchev–Trinajstić information content (AvgIpc) is 2.80. The Hall–Kier alpha value is -1.33. The van der Waals surface area contributed by atoms with Crippen molar-refractivity contribution in [3.05, 3.63) is 32.6 Å². The average molecular weight is 352 g/mol. The number of nitrogens with zero attached hydrogens (tertiary/aromatic N) is 1. The van der Waals surface area contributed by atoms with Crippen molar-refractivity contribution in [3.8, 4) is 0 Å². The van der Waals surface area contributed by atoms with Gasteiger partial charge in [-0.2, -0.15) is 0 Å². The smallest absolute Gasteiger partial charge is 0.390 e. The van der Waals surface area contributed by atoms with Crippen molar-refractivity contribution in [2.24, 2.45) is 0 Å². The Bertz CT molecular complexity index is 708. The van der Waals surface area contributed by atoms with Crippen LogP contribution in [0, 0.1) is 0 Å². The van der Waals surface area contributed by atoms with E-state index in [0.717, 1.165) is 4.57 Å². The molecular weight excluding hydrogens is 335 g/mol. The van der Waals surface area contributed by atoms with Gasteiger partial charge in [-0.15, -0.1) is 0 Å². The maximum absolute atomic E-state index is 11.9. The van der Waals surface area contributed by atoms with Gasteiger partial charge in [0.2, 0.25) is 0 Å². The Morgan fingerprint density at radius 3 is 2.78 bits per heavy atom. The molecule has 2 rings (SSSR count). The first-order chi connectivity index (χ1) is 10.7. The van der Waals surface area contributed by atoms with Crippen LogP contribution in [0.2, 0.25) is 0 Å². The number of hydrogen-bond acceptors (Lipinski definition) is 7. The van der Waals surface area contributed by atoms with Crippen molar-refractivity contribution < 1.29 is 33.5 Å². The van der Waals surface area contributed by atoms with Gasteiger partial charge in [-0.1, -0.05) is 0 Å². The standard InChI is InChI=1S/C11H17N2O9P/c1-20-4-6-3-13(11(16)12-10(6)15)9-2-7(14)8(22-9)5-21-23(17,18)19/h3,7-9,14H,2,4-5H2,1H3,(H,12,15,16)(H2,17,18,19)/t7-,8+,9+/m0/s1. The summed E-state index contributed by atoms with van der Waals surface area (Å²) in [5.74, 6) is 0. The number of aliphatic hydroxyl groups excluding tert-OH is 1. The number of phosphoric acid groups is 1. The number of ether oxygens (including phenoxy) is 2. The quantitative estimate of drug-likeness (QED) is 0.444. The molecule has 12 heteroatoms. The minimum absolute atomic E-state index is 0.00639. The molecule has 0 aliphatic carbocycles. The summed E-state index contributed by atoms with van der Waals surface area (Å²) in [5, 5.41) is 9.87. The molecule has 1 saturated heterocycles. The second-order valence-electron chi connectivity index (χ2n) is 4.97. The summed E-state index contributed by atoms with van der Waals surface area (Å²) in [6.45, 7) is -0.555. The molecule has 1 aromatic rings. The zero-order chi connectivity index (χ0) is 17.2. The van der Waals surface area contributed by atoms with E-state index in [4.69, 9.17) is 19.3 Å². The monoisotopic (exact) mass is 352 g/mol. The SMILES string of the molecule is COCc1cn([C@H]2C[C@H](O)[C@@H](COP(=O)(O)O)O2)c(=O)[nH]c1=O. The Morgan fingerprint density at radius 2 is 2.17 bits per heavy atom. The van der Waals surface area contributed by atoms with Crippen molar-refractivity contribution in [1.82, 2.24) is 9.55 Å². The minimum Gasteiger partial charge on any atom is -0.390 e. The number of nitrogens with one attached hydrogen (secondary N) is 1. The first kappa shape index (κ1) is 18.0. The van der Waals surface area contributed by atoms with Gasteiger partial charge in [0.15, 0.2) is 0 Å². The number of aliphatic hydroxyl groups is 1. The Morgan fingerprint density at radius 1 is 1.48 bits per heavy atom. The Labute approximate surface area is 129 Å². The van der Waals surface area contributed by atoms with Crippen molar-refractivity contribution >= 4 is 7.82 Å². The molecular formula is C11H17N2O9P. The van der Waals surface area contributed by atoms with E-state index in [9.17, 15) is 19.3 Å². The highest BCUT2D eigenvalue weighted by Crippen LogP contribution is 2.38. The van der Waals surface area contributed by atoms with Crippen molar-refractivity contribution in [1.29, 1.82) is 0 Å². The van der Waals surface area contributed by atoms with Gasteiger partial charge < -0.3 is 24.4 Å². The lowest BCUT2D eigenvalue weighted by Crippen LogP contribution is -2.34. The second-order valence-corrected chi connectivity index (χ2v) is 6.21. The minimum atomic E-state index is -4.69. The molecule has 23 heavy (non-hydrogen) atoms. The third-order valence-corrected chi connectivity index (χ3v) is 3.75. The molecule has 130 valence electrons. The molecule has 3 atom stereocenters. The van der Waals surface area contributed by atoms with Crippen molar-refractivity contribution in [3.63, 3.8) is 0 Å². The summed E-state index contributed by atoms with van der Waals surface area (Å²) in [6, 6.07) is 0. The molecule has 4 N–H and O–H groups in total. The molecule has 0 bridgehead atoms. The van der Waals surface area contributed by atoms with E-state index in [0.29, 0.717) is 0 Å². The highest BCUT2D eigenvalue weighted by molar-refractivity contribution is 7.46.